The Bertz CT molecular complexity index is 422. The van der Waals surface area contributed by atoms with E-state index >= 15 is 0 Å². The molecule has 0 unspecified atom stereocenters. The number of anilines is 1. The first-order valence-corrected chi connectivity index (χ1v) is 7.36. The summed E-state index contributed by atoms with van der Waals surface area (Å²) in [6.07, 6.45) is 4.45. The molecule has 0 atom stereocenters. The number of nitrogens with one attached hydrogen (secondary N) is 1. The van der Waals surface area contributed by atoms with Gasteiger partial charge in [0.25, 0.3) is 0 Å². The van der Waals surface area contributed by atoms with Crippen LogP contribution in [0.4, 0.5) is 5.69 Å². The maximum atomic E-state index is 11.8. The van der Waals surface area contributed by atoms with Crippen molar-refractivity contribution in [1.29, 1.82) is 0 Å². The summed E-state index contributed by atoms with van der Waals surface area (Å²) in [5.41, 5.74) is 0.653. The van der Waals surface area contributed by atoms with Gasteiger partial charge in [0, 0.05) is 5.69 Å². The van der Waals surface area contributed by atoms with Crippen molar-refractivity contribution >= 4 is 15.7 Å². The van der Waals surface area contributed by atoms with E-state index in [0.717, 1.165) is 12.8 Å². The highest BCUT2D eigenvalue weighted by Crippen LogP contribution is 2.26. The Morgan fingerprint density at radius 3 is 2.38 bits per heavy atom. The Labute approximate surface area is 96.9 Å². The zero-order valence-corrected chi connectivity index (χ0v) is 10.0. The summed E-state index contributed by atoms with van der Waals surface area (Å²) in [6.45, 7) is 0. The number of hydrogen-bond acceptors (Lipinski definition) is 2. The van der Waals surface area contributed by atoms with E-state index in [1.807, 2.05) is 18.2 Å². The molecule has 0 aliphatic heterocycles. The van der Waals surface area contributed by atoms with Gasteiger partial charge in [0.15, 0.2) is 0 Å². The first kappa shape index (κ1) is 11.5. The lowest BCUT2D eigenvalue weighted by Gasteiger charge is -2.11. The first-order valence-electron chi connectivity index (χ1n) is 5.71. The second kappa shape index (κ2) is 4.87. The monoisotopic (exact) mass is 239 g/mol. The minimum absolute atomic E-state index is 0.266. The zero-order chi connectivity index (χ0) is 11.4. The molecule has 0 amide bonds. The minimum Gasteiger partial charge on any atom is -0.284 e. The molecule has 3 nitrogen and oxygen atoms in total. The summed E-state index contributed by atoms with van der Waals surface area (Å²) in [5, 5.41) is 0. The fraction of sp³-hybridized carbons (Fsp3) is 0.500. The molecule has 88 valence electrons. The van der Waals surface area contributed by atoms with Crippen molar-refractivity contribution in [2.75, 3.05) is 10.5 Å². The van der Waals surface area contributed by atoms with Crippen molar-refractivity contribution in [3.63, 3.8) is 0 Å². The van der Waals surface area contributed by atoms with Crippen molar-refractivity contribution in [2.24, 2.45) is 5.92 Å². The third-order valence-electron chi connectivity index (χ3n) is 2.98. The highest BCUT2D eigenvalue weighted by atomic mass is 32.2. The molecule has 0 aromatic heterocycles. The molecule has 2 rings (SSSR count). The van der Waals surface area contributed by atoms with Gasteiger partial charge in [0.05, 0.1) is 5.75 Å². The van der Waals surface area contributed by atoms with Crippen LogP contribution in [0.25, 0.3) is 0 Å². The molecule has 1 fully saturated rings. The second-order valence-electron chi connectivity index (χ2n) is 4.40. The van der Waals surface area contributed by atoms with Gasteiger partial charge in [-0.3, -0.25) is 4.72 Å². The summed E-state index contributed by atoms with van der Waals surface area (Å²) in [7, 11) is -3.17. The van der Waals surface area contributed by atoms with Crippen LogP contribution in [0, 0.1) is 5.92 Å². The second-order valence-corrected chi connectivity index (χ2v) is 6.17. The molecule has 1 saturated carbocycles. The van der Waals surface area contributed by atoms with E-state index in [4.69, 9.17) is 0 Å². The van der Waals surface area contributed by atoms with Gasteiger partial charge in [-0.15, -0.1) is 0 Å². The van der Waals surface area contributed by atoms with Crippen LogP contribution in [0.5, 0.6) is 0 Å². The lowest BCUT2D eigenvalue weighted by molar-refractivity contribution is 0.563. The average molecular weight is 239 g/mol. The quantitative estimate of drug-likeness (QED) is 0.878. The fourth-order valence-electron chi connectivity index (χ4n) is 2.21. The lowest BCUT2D eigenvalue weighted by Crippen LogP contribution is -2.21. The summed E-state index contributed by atoms with van der Waals surface area (Å²) in [4.78, 5) is 0. The zero-order valence-electron chi connectivity index (χ0n) is 9.22. The van der Waals surface area contributed by atoms with Crippen LogP contribution in [0.15, 0.2) is 30.3 Å². The number of rotatable bonds is 4. The molecule has 1 N–H and O–H groups in total. The Morgan fingerprint density at radius 1 is 1.12 bits per heavy atom. The predicted molar refractivity (Wildman–Crippen MR) is 65.8 cm³/mol. The maximum Gasteiger partial charge on any atom is 0.232 e. The van der Waals surface area contributed by atoms with Gasteiger partial charge in [-0.25, -0.2) is 8.42 Å². The standard InChI is InChI=1S/C12H17NO2S/c14-16(15,10-11-6-4-5-7-11)13-12-8-2-1-3-9-12/h1-3,8-9,11,13H,4-7,10H2. The van der Waals surface area contributed by atoms with Crippen LogP contribution < -0.4 is 4.72 Å². The maximum absolute atomic E-state index is 11.8. The largest absolute Gasteiger partial charge is 0.284 e. The third-order valence-corrected chi connectivity index (χ3v) is 4.43. The Hall–Kier alpha value is -1.03. The SMILES string of the molecule is O=S(=O)(CC1CCCC1)Nc1ccccc1. The Balaban J connectivity index is 1.97. The minimum atomic E-state index is -3.17. The van der Waals surface area contributed by atoms with Crippen LogP contribution in [-0.2, 0) is 10.0 Å². The van der Waals surface area contributed by atoms with Gasteiger partial charge >= 0.3 is 0 Å². The molecule has 0 bridgehead atoms. The molecule has 0 spiro atoms. The van der Waals surface area contributed by atoms with Gasteiger partial charge in [0.2, 0.25) is 10.0 Å². The summed E-state index contributed by atoms with van der Waals surface area (Å²) < 4.78 is 26.3. The summed E-state index contributed by atoms with van der Waals surface area (Å²) in [6, 6.07) is 9.06. The van der Waals surface area contributed by atoms with Crippen LogP contribution in [0.3, 0.4) is 0 Å². The van der Waals surface area contributed by atoms with Gasteiger partial charge in [-0.05, 0) is 30.9 Å². The molecular formula is C12H17NO2S. The van der Waals surface area contributed by atoms with Crippen LogP contribution in [0.2, 0.25) is 0 Å². The van der Waals surface area contributed by atoms with E-state index in [-0.39, 0.29) is 5.75 Å². The molecule has 1 aliphatic carbocycles. The van der Waals surface area contributed by atoms with Crippen LogP contribution in [0.1, 0.15) is 25.7 Å². The van der Waals surface area contributed by atoms with E-state index < -0.39 is 10.0 Å². The molecular weight excluding hydrogens is 222 g/mol. The normalized spacial score (nSPS) is 17.5. The topological polar surface area (TPSA) is 46.2 Å². The van der Waals surface area contributed by atoms with Crippen molar-refractivity contribution in [1.82, 2.24) is 0 Å². The fourth-order valence-corrected chi connectivity index (χ4v) is 3.75. The molecule has 16 heavy (non-hydrogen) atoms. The van der Waals surface area contributed by atoms with Crippen molar-refractivity contribution < 1.29 is 8.42 Å². The first-order chi connectivity index (χ1) is 7.66. The number of benzene rings is 1. The highest BCUT2D eigenvalue weighted by molar-refractivity contribution is 7.92. The lowest BCUT2D eigenvalue weighted by atomic mass is 10.1. The van der Waals surface area contributed by atoms with Gasteiger partial charge in [-0.1, -0.05) is 31.0 Å². The third kappa shape index (κ3) is 3.23. The molecule has 0 heterocycles. The van der Waals surface area contributed by atoms with Crippen molar-refractivity contribution in [3.8, 4) is 0 Å². The molecule has 1 aromatic carbocycles. The highest BCUT2D eigenvalue weighted by Gasteiger charge is 2.22. The smallest absolute Gasteiger partial charge is 0.232 e. The molecule has 0 radical (unpaired) electrons. The van der Waals surface area contributed by atoms with Gasteiger partial charge in [-0.2, -0.15) is 0 Å². The van der Waals surface area contributed by atoms with Gasteiger partial charge < -0.3 is 0 Å². The summed E-state index contributed by atoms with van der Waals surface area (Å²) >= 11 is 0. The Kier molecular flexibility index (Phi) is 3.49. The van der Waals surface area contributed by atoms with E-state index in [1.54, 1.807) is 12.1 Å². The molecule has 4 heteroatoms. The predicted octanol–water partition coefficient (Wildman–Crippen LogP) is 2.62. The van der Waals surface area contributed by atoms with E-state index in [1.165, 1.54) is 12.8 Å². The average Bonchev–Trinajstić information content (AvgIpc) is 2.70. The molecule has 0 saturated heterocycles. The Morgan fingerprint density at radius 2 is 1.75 bits per heavy atom. The van der Waals surface area contributed by atoms with E-state index in [2.05, 4.69) is 4.72 Å². The summed E-state index contributed by atoms with van der Waals surface area (Å²) in [5.74, 6) is 0.614. The van der Waals surface area contributed by atoms with Crippen molar-refractivity contribution in [2.45, 2.75) is 25.7 Å². The van der Waals surface area contributed by atoms with Crippen LogP contribution in [-0.4, -0.2) is 14.2 Å². The molecule has 1 aromatic rings. The molecule has 1 aliphatic rings. The van der Waals surface area contributed by atoms with Gasteiger partial charge in [0.1, 0.15) is 0 Å². The number of sulfonamides is 1. The van der Waals surface area contributed by atoms with E-state index in [0.29, 0.717) is 11.6 Å². The van der Waals surface area contributed by atoms with Crippen molar-refractivity contribution in [3.05, 3.63) is 30.3 Å². The number of hydrogen-bond donors (Lipinski definition) is 1. The van der Waals surface area contributed by atoms with E-state index in [9.17, 15) is 8.42 Å². The van der Waals surface area contributed by atoms with Crippen LogP contribution >= 0.6 is 0 Å². The number of para-hydroxylation sites is 1.